The molecule has 0 heterocycles. The molecule has 6 heteroatoms. The molecule has 0 saturated heterocycles. The summed E-state index contributed by atoms with van der Waals surface area (Å²) < 4.78 is 11.0. The third kappa shape index (κ3) is 6.27. The van der Waals surface area contributed by atoms with Crippen molar-refractivity contribution in [2.24, 2.45) is 5.10 Å². The highest BCUT2D eigenvalue weighted by Gasteiger charge is 2.06. The molecule has 0 atom stereocenters. The first kappa shape index (κ1) is 17.0. The fourth-order valence-corrected chi connectivity index (χ4v) is 1.62. The second kappa shape index (κ2) is 8.97. The lowest BCUT2D eigenvalue weighted by atomic mass is 10.2. The zero-order valence-corrected chi connectivity index (χ0v) is 13.4. The van der Waals surface area contributed by atoms with Crippen molar-refractivity contribution >= 4 is 23.5 Å². The summed E-state index contributed by atoms with van der Waals surface area (Å²) in [5.41, 5.74) is 3.60. The summed E-state index contributed by atoms with van der Waals surface area (Å²) in [7, 11) is 1.61. The van der Waals surface area contributed by atoms with Crippen molar-refractivity contribution in [2.45, 2.75) is 20.0 Å². The third-order valence-corrected chi connectivity index (χ3v) is 2.57. The number of ether oxygens (including phenoxy) is 2. The van der Waals surface area contributed by atoms with Gasteiger partial charge >= 0.3 is 0 Å². The van der Waals surface area contributed by atoms with Gasteiger partial charge in [0.15, 0.2) is 16.6 Å². The number of benzene rings is 1. The smallest absolute Gasteiger partial charge is 0.187 e. The van der Waals surface area contributed by atoms with Crippen LogP contribution in [0.15, 0.2) is 36.0 Å². The fourth-order valence-electron chi connectivity index (χ4n) is 1.49. The number of hydrogen-bond acceptors (Lipinski definition) is 4. The van der Waals surface area contributed by atoms with Crippen LogP contribution in [0.25, 0.3) is 0 Å². The van der Waals surface area contributed by atoms with E-state index in [4.69, 9.17) is 21.7 Å². The van der Waals surface area contributed by atoms with Crippen LogP contribution in [0.2, 0.25) is 0 Å². The average molecular weight is 307 g/mol. The van der Waals surface area contributed by atoms with Crippen molar-refractivity contribution in [2.75, 3.05) is 13.7 Å². The number of hydrogen-bond donors (Lipinski definition) is 2. The molecular weight excluding hydrogens is 286 g/mol. The summed E-state index contributed by atoms with van der Waals surface area (Å²) in [5.74, 6) is 1.38. The Hall–Kier alpha value is -2.08. The highest BCUT2D eigenvalue weighted by molar-refractivity contribution is 7.80. The van der Waals surface area contributed by atoms with Crippen molar-refractivity contribution in [3.63, 3.8) is 0 Å². The summed E-state index contributed by atoms with van der Waals surface area (Å²) in [4.78, 5) is 0. The molecule has 1 aromatic carbocycles. The van der Waals surface area contributed by atoms with Gasteiger partial charge in [-0.25, -0.2) is 0 Å². The summed E-state index contributed by atoms with van der Waals surface area (Å²) in [6.45, 7) is 8.12. The molecule has 0 fully saturated rings. The minimum absolute atomic E-state index is 0.0911. The number of nitrogens with zero attached hydrogens (tertiary/aromatic N) is 1. The molecule has 0 bridgehead atoms. The molecule has 0 spiro atoms. The number of hydrazone groups is 1. The number of nitrogens with one attached hydrogen (secondary N) is 2. The van der Waals surface area contributed by atoms with E-state index in [1.807, 2.05) is 32.0 Å². The van der Waals surface area contributed by atoms with Gasteiger partial charge in [-0.3, -0.25) is 5.43 Å². The van der Waals surface area contributed by atoms with Gasteiger partial charge in [0, 0.05) is 6.54 Å². The normalized spacial score (nSPS) is 10.5. The molecule has 0 radical (unpaired) electrons. The van der Waals surface area contributed by atoms with E-state index in [0.717, 1.165) is 5.56 Å². The summed E-state index contributed by atoms with van der Waals surface area (Å²) in [5, 5.41) is 7.41. The molecule has 0 aliphatic carbocycles. The van der Waals surface area contributed by atoms with E-state index >= 15 is 0 Å². The number of rotatable bonds is 7. The first-order chi connectivity index (χ1) is 10.1. The lowest BCUT2D eigenvalue weighted by molar-refractivity contribution is 0.230. The van der Waals surface area contributed by atoms with Gasteiger partial charge in [-0.15, -0.1) is 6.58 Å². The average Bonchev–Trinajstić information content (AvgIpc) is 2.46. The maximum absolute atomic E-state index is 5.65. The van der Waals surface area contributed by atoms with Crippen LogP contribution >= 0.6 is 12.2 Å². The van der Waals surface area contributed by atoms with Crippen molar-refractivity contribution < 1.29 is 9.47 Å². The third-order valence-electron chi connectivity index (χ3n) is 2.34. The van der Waals surface area contributed by atoms with Crippen LogP contribution in [-0.4, -0.2) is 31.1 Å². The van der Waals surface area contributed by atoms with Crippen LogP contribution in [0, 0.1) is 0 Å². The van der Waals surface area contributed by atoms with Gasteiger partial charge in [0.05, 0.1) is 19.4 Å². The summed E-state index contributed by atoms with van der Waals surface area (Å²) >= 11 is 5.02. The molecule has 0 aliphatic rings. The Bertz CT molecular complexity index is 516. The van der Waals surface area contributed by atoms with Crippen molar-refractivity contribution in [3.8, 4) is 11.5 Å². The Kier molecular flexibility index (Phi) is 7.25. The molecule has 1 rings (SSSR count). The second-order valence-corrected chi connectivity index (χ2v) is 4.85. The van der Waals surface area contributed by atoms with Crippen LogP contribution in [0.1, 0.15) is 19.4 Å². The molecular formula is C15H21N3O2S. The van der Waals surface area contributed by atoms with Gasteiger partial charge in [-0.05, 0) is 49.8 Å². The fraction of sp³-hybridized carbons (Fsp3) is 0.333. The van der Waals surface area contributed by atoms with Crippen LogP contribution in [-0.2, 0) is 0 Å². The predicted octanol–water partition coefficient (Wildman–Crippen LogP) is 2.47. The van der Waals surface area contributed by atoms with Gasteiger partial charge in [0.1, 0.15) is 0 Å². The molecule has 1 aromatic rings. The standard InChI is InChI=1S/C15H21N3O2S/c1-5-8-16-15(21)18-17-10-12-6-7-13(20-11(2)3)14(9-12)19-4/h5-7,9-11H,1,8H2,2-4H3,(H2,16,18,21)/b17-10-. The first-order valence-electron chi connectivity index (χ1n) is 6.59. The lowest BCUT2D eigenvalue weighted by Gasteiger charge is -2.13. The van der Waals surface area contributed by atoms with E-state index in [1.165, 1.54) is 0 Å². The summed E-state index contributed by atoms with van der Waals surface area (Å²) in [6, 6.07) is 5.60. The van der Waals surface area contributed by atoms with Gasteiger partial charge in [0.25, 0.3) is 0 Å². The van der Waals surface area contributed by atoms with E-state index in [2.05, 4.69) is 22.4 Å². The SMILES string of the molecule is C=CCNC(=S)N/N=C\c1ccc(OC(C)C)c(OC)c1. The lowest BCUT2D eigenvalue weighted by Crippen LogP contribution is -2.31. The predicted molar refractivity (Wildman–Crippen MR) is 90.3 cm³/mol. The van der Waals surface area contributed by atoms with Crippen molar-refractivity contribution in [1.29, 1.82) is 0 Å². The van der Waals surface area contributed by atoms with Crippen molar-refractivity contribution in [3.05, 3.63) is 36.4 Å². The quantitative estimate of drug-likeness (QED) is 0.351. The van der Waals surface area contributed by atoms with Gasteiger partial charge in [-0.2, -0.15) is 5.10 Å². The van der Waals surface area contributed by atoms with Gasteiger partial charge in [-0.1, -0.05) is 6.08 Å². The van der Waals surface area contributed by atoms with E-state index in [-0.39, 0.29) is 6.10 Å². The van der Waals surface area contributed by atoms with Crippen molar-refractivity contribution in [1.82, 2.24) is 10.7 Å². The van der Waals surface area contributed by atoms with Gasteiger partial charge < -0.3 is 14.8 Å². The second-order valence-electron chi connectivity index (χ2n) is 4.45. The molecule has 114 valence electrons. The minimum atomic E-state index is 0.0911. The van der Waals surface area contributed by atoms with Crippen LogP contribution in [0.3, 0.4) is 0 Å². The largest absolute Gasteiger partial charge is 0.493 e. The molecule has 0 aliphatic heterocycles. The Morgan fingerprint density at radius 3 is 2.81 bits per heavy atom. The van der Waals surface area contributed by atoms with E-state index < -0.39 is 0 Å². The molecule has 2 N–H and O–H groups in total. The zero-order chi connectivity index (χ0) is 15.7. The summed E-state index contributed by atoms with van der Waals surface area (Å²) in [6.07, 6.45) is 3.47. The highest BCUT2D eigenvalue weighted by Crippen LogP contribution is 2.28. The minimum Gasteiger partial charge on any atom is -0.493 e. The zero-order valence-electron chi connectivity index (χ0n) is 12.6. The van der Waals surface area contributed by atoms with Crippen LogP contribution in [0.4, 0.5) is 0 Å². The number of methoxy groups -OCH3 is 1. The Balaban J connectivity index is 2.67. The Morgan fingerprint density at radius 1 is 1.43 bits per heavy atom. The maximum atomic E-state index is 5.65. The van der Waals surface area contributed by atoms with E-state index in [0.29, 0.717) is 23.2 Å². The topological polar surface area (TPSA) is 54.9 Å². The highest BCUT2D eigenvalue weighted by atomic mass is 32.1. The van der Waals surface area contributed by atoms with E-state index in [9.17, 15) is 0 Å². The molecule has 0 amide bonds. The molecule has 21 heavy (non-hydrogen) atoms. The molecule has 0 aromatic heterocycles. The monoisotopic (exact) mass is 307 g/mol. The maximum Gasteiger partial charge on any atom is 0.187 e. The molecule has 5 nitrogen and oxygen atoms in total. The van der Waals surface area contributed by atoms with E-state index in [1.54, 1.807) is 19.4 Å². The molecule has 0 unspecified atom stereocenters. The first-order valence-corrected chi connectivity index (χ1v) is 7.00. The molecule has 0 saturated carbocycles. The van der Waals surface area contributed by atoms with Gasteiger partial charge in [0.2, 0.25) is 0 Å². The Morgan fingerprint density at radius 2 is 2.19 bits per heavy atom. The number of thiocarbonyl (C=S) groups is 1. The van der Waals surface area contributed by atoms with Crippen LogP contribution in [0.5, 0.6) is 11.5 Å². The Labute approximate surface area is 131 Å². The van der Waals surface area contributed by atoms with Crippen LogP contribution < -0.4 is 20.2 Å².